The molecule has 7 heteroatoms. The number of H-pyrrole nitrogens is 1. The maximum atomic E-state index is 12.7. The average molecular weight is 357 g/mol. The molecule has 1 aromatic heterocycles. The van der Waals surface area contributed by atoms with E-state index in [-0.39, 0.29) is 16.4 Å². The number of hydrogen-bond acceptors (Lipinski definition) is 4. The van der Waals surface area contributed by atoms with E-state index in [4.69, 9.17) is 5.11 Å². The summed E-state index contributed by atoms with van der Waals surface area (Å²) in [7, 11) is 0. The number of aromatic amines is 1. The third-order valence-electron chi connectivity index (χ3n) is 4.90. The highest BCUT2D eigenvalue weighted by Gasteiger charge is 2.32. The molecule has 0 unspecified atom stereocenters. The zero-order valence-electron chi connectivity index (χ0n) is 13.9. The molecule has 1 aromatic carbocycles. The molecule has 1 aliphatic heterocycles. The van der Waals surface area contributed by atoms with Gasteiger partial charge < -0.3 is 5.11 Å². The Morgan fingerprint density at radius 3 is 2.60 bits per heavy atom. The molecule has 0 amide bonds. The summed E-state index contributed by atoms with van der Waals surface area (Å²) in [6.45, 7) is 1.95. The molecule has 1 fully saturated rings. The van der Waals surface area contributed by atoms with Crippen LogP contribution in [0.25, 0.3) is 0 Å². The molecule has 2 N–H and O–H groups in total. The lowest BCUT2D eigenvalue weighted by atomic mass is 10.0. The predicted octanol–water partition coefficient (Wildman–Crippen LogP) is 3.88. The first-order valence-electron chi connectivity index (χ1n) is 8.44. The van der Waals surface area contributed by atoms with Crippen molar-refractivity contribution in [3.63, 3.8) is 0 Å². The number of carbonyl (C=O) groups is 1. The minimum Gasteiger partial charge on any atom is -0.478 e. The lowest BCUT2D eigenvalue weighted by Crippen LogP contribution is -2.13. The van der Waals surface area contributed by atoms with E-state index < -0.39 is 5.97 Å². The maximum absolute atomic E-state index is 12.7. The molecule has 25 heavy (non-hydrogen) atoms. The molecular formula is C18H19N3O3S. The van der Waals surface area contributed by atoms with E-state index in [2.05, 4.69) is 10.1 Å². The van der Waals surface area contributed by atoms with Gasteiger partial charge in [0.2, 0.25) is 0 Å². The number of aliphatic imine (C=N–C) groups is 1. The fourth-order valence-electron chi connectivity index (χ4n) is 3.67. The molecule has 1 aliphatic carbocycles. The van der Waals surface area contributed by atoms with Gasteiger partial charge in [-0.1, -0.05) is 36.7 Å². The second-order valence-corrected chi connectivity index (χ2v) is 7.84. The van der Waals surface area contributed by atoms with Gasteiger partial charge in [-0.25, -0.2) is 9.79 Å². The van der Waals surface area contributed by atoms with Gasteiger partial charge in [0.1, 0.15) is 0 Å². The summed E-state index contributed by atoms with van der Waals surface area (Å²) >= 11 is 1.54. The van der Waals surface area contributed by atoms with Crippen LogP contribution in [0.2, 0.25) is 0 Å². The Kier molecular flexibility index (Phi) is 4.03. The first-order valence-corrected chi connectivity index (χ1v) is 9.32. The van der Waals surface area contributed by atoms with Crippen LogP contribution in [0.15, 0.2) is 34.1 Å². The topological polar surface area (TPSA) is 87.5 Å². The van der Waals surface area contributed by atoms with Crippen LogP contribution in [0.4, 0.5) is 5.82 Å². The Hall–Kier alpha value is -2.28. The number of rotatable bonds is 3. The summed E-state index contributed by atoms with van der Waals surface area (Å²) in [5, 5.41) is 12.8. The lowest BCUT2D eigenvalue weighted by molar-refractivity contribution is 0.0697. The van der Waals surface area contributed by atoms with E-state index >= 15 is 0 Å². The van der Waals surface area contributed by atoms with E-state index in [9.17, 15) is 9.59 Å². The SMILES string of the molecule is CC1=Nc2c(c(=O)[nH]n2C2CCCC2)[C@@H](c2ccc(C(=O)O)cc2)S1. The van der Waals surface area contributed by atoms with Gasteiger partial charge in [-0.2, -0.15) is 0 Å². The fourth-order valence-corrected chi connectivity index (χ4v) is 4.77. The van der Waals surface area contributed by atoms with E-state index in [1.165, 1.54) is 24.6 Å². The van der Waals surface area contributed by atoms with Gasteiger partial charge in [-0.3, -0.25) is 14.6 Å². The quantitative estimate of drug-likeness (QED) is 0.873. The smallest absolute Gasteiger partial charge is 0.335 e. The average Bonchev–Trinajstić information content (AvgIpc) is 3.22. The Bertz CT molecular complexity index is 905. The first-order chi connectivity index (χ1) is 12.0. The second-order valence-electron chi connectivity index (χ2n) is 6.54. The number of fused-ring (bicyclic) bond motifs is 1. The summed E-state index contributed by atoms with van der Waals surface area (Å²) in [6.07, 6.45) is 4.49. The fraction of sp³-hybridized carbons (Fsp3) is 0.389. The van der Waals surface area contributed by atoms with Crippen LogP contribution >= 0.6 is 11.8 Å². The first kappa shape index (κ1) is 16.2. The number of hydrogen-bond donors (Lipinski definition) is 2. The monoisotopic (exact) mass is 357 g/mol. The highest BCUT2D eigenvalue weighted by Crippen LogP contribution is 2.45. The number of thioether (sulfide) groups is 1. The summed E-state index contributed by atoms with van der Waals surface area (Å²) in [4.78, 5) is 28.4. The number of nitrogens with zero attached hydrogens (tertiary/aromatic N) is 2. The van der Waals surface area contributed by atoms with Crippen LogP contribution in [0.3, 0.4) is 0 Å². The zero-order valence-corrected chi connectivity index (χ0v) is 14.7. The molecule has 0 spiro atoms. The van der Waals surface area contributed by atoms with Crippen LogP contribution in [0, 0.1) is 0 Å². The third kappa shape index (κ3) is 2.82. The molecule has 2 aromatic rings. The Balaban J connectivity index is 1.79. The Morgan fingerprint density at radius 1 is 1.28 bits per heavy atom. The molecule has 1 saturated carbocycles. The summed E-state index contributed by atoms with van der Waals surface area (Å²) in [5.41, 5.74) is 1.73. The number of nitrogens with one attached hydrogen (secondary N) is 1. The van der Waals surface area contributed by atoms with Crippen molar-refractivity contribution < 1.29 is 9.90 Å². The van der Waals surface area contributed by atoms with Crippen LogP contribution in [-0.2, 0) is 0 Å². The molecule has 0 saturated heterocycles. The van der Waals surface area contributed by atoms with E-state index in [0.717, 1.165) is 29.3 Å². The zero-order chi connectivity index (χ0) is 17.6. The second kappa shape index (κ2) is 6.22. The number of benzene rings is 1. The van der Waals surface area contributed by atoms with Gasteiger partial charge in [0.15, 0.2) is 5.82 Å². The van der Waals surface area contributed by atoms with Gasteiger partial charge in [-0.05, 0) is 37.5 Å². The number of carboxylic acids is 1. The van der Waals surface area contributed by atoms with Crippen molar-refractivity contribution in [1.82, 2.24) is 9.78 Å². The van der Waals surface area contributed by atoms with Crippen molar-refractivity contribution in [3.05, 3.63) is 51.3 Å². The predicted molar refractivity (Wildman–Crippen MR) is 98.2 cm³/mol. The lowest BCUT2D eigenvalue weighted by Gasteiger charge is -2.22. The minimum absolute atomic E-state index is 0.0991. The Labute approximate surface area is 149 Å². The minimum atomic E-state index is -0.952. The molecule has 6 nitrogen and oxygen atoms in total. The molecule has 1 atom stereocenters. The molecule has 2 aliphatic rings. The summed E-state index contributed by atoms with van der Waals surface area (Å²) < 4.78 is 1.95. The van der Waals surface area contributed by atoms with Crippen LogP contribution in [-0.4, -0.2) is 25.9 Å². The number of aromatic carboxylic acids is 1. The van der Waals surface area contributed by atoms with Crippen LogP contribution in [0.5, 0.6) is 0 Å². The van der Waals surface area contributed by atoms with Crippen LogP contribution < -0.4 is 5.56 Å². The van der Waals surface area contributed by atoms with E-state index in [1.54, 1.807) is 24.3 Å². The standard InChI is InChI=1S/C18H19N3O3S/c1-10-19-16-14(17(22)20-21(16)13-4-2-3-5-13)15(25-10)11-6-8-12(9-7-11)18(23)24/h6-9,13,15H,2-5H2,1H3,(H,20,22)(H,23,24)/t15-/m1/s1. The van der Waals surface area contributed by atoms with Gasteiger partial charge in [-0.15, -0.1) is 0 Å². The molecule has 0 bridgehead atoms. The largest absolute Gasteiger partial charge is 0.478 e. The van der Waals surface area contributed by atoms with Crippen molar-refractivity contribution in [2.24, 2.45) is 4.99 Å². The van der Waals surface area contributed by atoms with Gasteiger partial charge in [0, 0.05) is 0 Å². The molecule has 0 radical (unpaired) electrons. The Morgan fingerprint density at radius 2 is 1.96 bits per heavy atom. The van der Waals surface area contributed by atoms with Gasteiger partial charge in [0.05, 0.1) is 27.5 Å². The van der Waals surface area contributed by atoms with Gasteiger partial charge in [0.25, 0.3) is 5.56 Å². The molecular weight excluding hydrogens is 338 g/mol. The molecule has 130 valence electrons. The van der Waals surface area contributed by atoms with Crippen molar-refractivity contribution in [2.75, 3.05) is 0 Å². The summed E-state index contributed by atoms with van der Waals surface area (Å²) in [6, 6.07) is 7.06. The van der Waals surface area contributed by atoms with Crippen molar-refractivity contribution in [2.45, 2.75) is 43.9 Å². The van der Waals surface area contributed by atoms with Crippen molar-refractivity contribution in [1.29, 1.82) is 0 Å². The highest BCUT2D eigenvalue weighted by molar-refractivity contribution is 8.14. The molecule has 4 rings (SSSR count). The van der Waals surface area contributed by atoms with Crippen molar-refractivity contribution in [3.8, 4) is 0 Å². The maximum Gasteiger partial charge on any atom is 0.335 e. The van der Waals surface area contributed by atoms with Crippen molar-refractivity contribution >= 4 is 28.6 Å². The van der Waals surface area contributed by atoms with Crippen LogP contribution in [0.1, 0.15) is 65.4 Å². The van der Waals surface area contributed by atoms with E-state index in [1.807, 2.05) is 11.6 Å². The summed E-state index contributed by atoms with van der Waals surface area (Å²) in [5.74, 6) is -0.216. The van der Waals surface area contributed by atoms with Gasteiger partial charge >= 0.3 is 5.97 Å². The third-order valence-corrected chi connectivity index (χ3v) is 6.08. The highest BCUT2D eigenvalue weighted by atomic mass is 32.2. The molecule has 2 heterocycles. The number of carboxylic acid groups (broad SMARTS) is 1. The van der Waals surface area contributed by atoms with E-state index in [0.29, 0.717) is 11.6 Å². The normalized spacial score (nSPS) is 20.4. The number of aromatic nitrogens is 2.